The number of hydrogen-bond donors (Lipinski definition) is 1. The number of carbonyl (C=O) groups is 1. The van der Waals surface area contributed by atoms with Gasteiger partial charge >= 0.3 is 0 Å². The quantitative estimate of drug-likeness (QED) is 0.826. The fraction of sp³-hybridized carbons (Fsp3) is 0.571. The first-order valence-electron chi connectivity index (χ1n) is 6.87. The minimum absolute atomic E-state index is 0.134. The van der Waals surface area contributed by atoms with E-state index in [1.165, 1.54) is 0 Å². The van der Waals surface area contributed by atoms with Gasteiger partial charge in [-0.3, -0.25) is 9.59 Å². The topological polar surface area (TPSA) is 62.4 Å². The van der Waals surface area contributed by atoms with Crippen molar-refractivity contribution in [3.8, 4) is 0 Å². The van der Waals surface area contributed by atoms with E-state index >= 15 is 0 Å². The third-order valence-electron chi connectivity index (χ3n) is 4.04. The monoisotopic (exact) mass is 262 g/mol. The molecule has 1 saturated carbocycles. The molecule has 0 bridgehead atoms. The molecule has 0 radical (unpaired) electrons. The average molecular weight is 262 g/mol. The van der Waals surface area contributed by atoms with Crippen LogP contribution in [0.3, 0.4) is 0 Å². The van der Waals surface area contributed by atoms with Crippen LogP contribution in [0.5, 0.6) is 0 Å². The molecule has 1 aromatic rings. The van der Waals surface area contributed by atoms with Crippen molar-refractivity contribution in [1.29, 1.82) is 0 Å². The van der Waals surface area contributed by atoms with E-state index in [1.807, 2.05) is 4.90 Å². The first kappa shape index (κ1) is 12.4. The number of hydrogen-bond acceptors (Lipinski definition) is 3. The summed E-state index contributed by atoms with van der Waals surface area (Å²) in [7, 11) is 0. The molecule has 0 aromatic carbocycles. The van der Waals surface area contributed by atoms with Crippen LogP contribution in [-0.4, -0.2) is 41.1 Å². The number of H-pyrrole nitrogens is 1. The van der Waals surface area contributed by atoms with Gasteiger partial charge in [0.25, 0.3) is 11.5 Å². The number of fused-ring (bicyclic) bond motifs is 1. The van der Waals surface area contributed by atoms with Crippen LogP contribution in [0.1, 0.15) is 36.0 Å². The number of morpholine rings is 1. The summed E-state index contributed by atoms with van der Waals surface area (Å²) in [6, 6.07) is 3.41. The van der Waals surface area contributed by atoms with Crippen LogP contribution in [0.2, 0.25) is 0 Å². The molecule has 1 aliphatic heterocycles. The lowest BCUT2D eigenvalue weighted by atomic mass is 9.90. The lowest BCUT2D eigenvalue weighted by Gasteiger charge is -2.43. The van der Waals surface area contributed by atoms with Crippen LogP contribution in [-0.2, 0) is 4.74 Å². The summed E-state index contributed by atoms with van der Waals surface area (Å²) in [6.07, 6.45) is 5.96. The Hall–Kier alpha value is -1.62. The number of aromatic amines is 1. The number of nitrogens with one attached hydrogen (secondary N) is 1. The van der Waals surface area contributed by atoms with E-state index < -0.39 is 0 Å². The van der Waals surface area contributed by atoms with Gasteiger partial charge in [-0.2, -0.15) is 0 Å². The number of nitrogens with zero attached hydrogens (tertiary/aromatic N) is 1. The zero-order chi connectivity index (χ0) is 13.2. The summed E-state index contributed by atoms with van der Waals surface area (Å²) in [5.74, 6) is -0.165. The van der Waals surface area contributed by atoms with Crippen molar-refractivity contribution in [3.63, 3.8) is 0 Å². The van der Waals surface area contributed by atoms with Crippen LogP contribution >= 0.6 is 0 Å². The van der Waals surface area contributed by atoms with Crippen LogP contribution < -0.4 is 5.56 Å². The molecule has 0 unspecified atom stereocenters. The molecule has 102 valence electrons. The van der Waals surface area contributed by atoms with Crippen molar-refractivity contribution in [3.05, 3.63) is 34.2 Å². The highest BCUT2D eigenvalue weighted by Gasteiger charge is 2.37. The number of pyridine rings is 1. The molecule has 19 heavy (non-hydrogen) atoms. The number of carbonyl (C=O) groups excluding carboxylic acids is 1. The first-order chi connectivity index (χ1) is 9.27. The second-order valence-electron chi connectivity index (χ2n) is 5.17. The van der Waals surface area contributed by atoms with Gasteiger partial charge < -0.3 is 14.6 Å². The highest BCUT2D eigenvalue weighted by atomic mass is 16.5. The lowest BCUT2D eigenvalue weighted by molar-refractivity contribution is -0.0753. The van der Waals surface area contributed by atoms with E-state index in [4.69, 9.17) is 4.74 Å². The Kier molecular flexibility index (Phi) is 3.38. The van der Waals surface area contributed by atoms with Crippen molar-refractivity contribution in [2.24, 2.45) is 0 Å². The van der Waals surface area contributed by atoms with Crippen LogP contribution in [0, 0.1) is 0 Å². The molecule has 2 heterocycles. The molecule has 3 rings (SSSR count). The lowest BCUT2D eigenvalue weighted by Crippen LogP contribution is -2.55. The minimum Gasteiger partial charge on any atom is -0.374 e. The Morgan fingerprint density at radius 1 is 1.37 bits per heavy atom. The maximum absolute atomic E-state index is 12.5. The second-order valence-corrected chi connectivity index (χ2v) is 5.17. The Balaban J connectivity index is 1.86. The molecule has 1 aliphatic carbocycles. The summed E-state index contributed by atoms with van der Waals surface area (Å²) in [5.41, 5.74) is -0.0833. The van der Waals surface area contributed by atoms with Gasteiger partial charge in [0.2, 0.25) is 0 Å². The van der Waals surface area contributed by atoms with Gasteiger partial charge in [0.05, 0.1) is 18.8 Å². The Bertz CT molecular complexity index is 523. The average Bonchev–Trinajstić information content (AvgIpc) is 2.46. The molecular weight excluding hydrogens is 244 g/mol. The molecule has 5 heteroatoms. The van der Waals surface area contributed by atoms with Gasteiger partial charge in [0.15, 0.2) is 0 Å². The Morgan fingerprint density at radius 3 is 3.05 bits per heavy atom. The predicted molar refractivity (Wildman–Crippen MR) is 70.1 cm³/mol. The van der Waals surface area contributed by atoms with Crippen molar-refractivity contribution in [2.75, 3.05) is 13.2 Å². The molecule has 1 amide bonds. The zero-order valence-corrected chi connectivity index (χ0v) is 10.8. The summed E-state index contributed by atoms with van der Waals surface area (Å²) >= 11 is 0. The molecular formula is C14H18N2O3. The van der Waals surface area contributed by atoms with Crippen molar-refractivity contribution < 1.29 is 9.53 Å². The van der Waals surface area contributed by atoms with E-state index in [0.717, 1.165) is 25.7 Å². The largest absolute Gasteiger partial charge is 0.374 e. The second kappa shape index (κ2) is 5.17. The van der Waals surface area contributed by atoms with Crippen LogP contribution in [0.4, 0.5) is 0 Å². The number of amides is 1. The van der Waals surface area contributed by atoms with Gasteiger partial charge in [-0.15, -0.1) is 0 Å². The normalized spacial score (nSPS) is 26.8. The van der Waals surface area contributed by atoms with E-state index in [1.54, 1.807) is 18.3 Å². The SMILES string of the molecule is O=C(c1ccc[nH]c1=O)N1CCO[C@@H]2CCCC[C@H]21. The highest BCUT2D eigenvalue weighted by Crippen LogP contribution is 2.29. The van der Waals surface area contributed by atoms with Crippen molar-refractivity contribution in [2.45, 2.75) is 37.8 Å². The van der Waals surface area contributed by atoms with Crippen molar-refractivity contribution in [1.82, 2.24) is 9.88 Å². The molecule has 1 aromatic heterocycles. The number of rotatable bonds is 1. The molecule has 5 nitrogen and oxygen atoms in total. The third kappa shape index (κ3) is 2.30. The highest BCUT2D eigenvalue weighted by molar-refractivity contribution is 5.94. The molecule has 2 atom stereocenters. The third-order valence-corrected chi connectivity index (χ3v) is 4.04. The van der Waals surface area contributed by atoms with Crippen LogP contribution in [0.25, 0.3) is 0 Å². The fourth-order valence-electron chi connectivity index (χ4n) is 3.09. The predicted octanol–water partition coefficient (Wildman–Crippen LogP) is 1.16. The molecule has 0 spiro atoms. The Morgan fingerprint density at radius 2 is 2.21 bits per heavy atom. The van der Waals surface area contributed by atoms with Gasteiger partial charge in [0, 0.05) is 12.7 Å². The minimum atomic E-state index is -0.314. The van der Waals surface area contributed by atoms with E-state index in [0.29, 0.717) is 13.2 Å². The summed E-state index contributed by atoms with van der Waals surface area (Å²) in [4.78, 5) is 28.6. The van der Waals surface area contributed by atoms with Crippen LogP contribution in [0.15, 0.2) is 23.1 Å². The van der Waals surface area contributed by atoms with Gasteiger partial charge in [0.1, 0.15) is 5.56 Å². The molecule has 2 aliphatic rings. The number of aromatic nitrogens is 1. The maximum Gasteiger partial charge on any atom is 0.260 e. The Labute approximate surface area is 111 Å². The summed E-state index contributed by atoms with van der Waals surface area (Å²) in [6.45, 7) is 1.14. The summed E-state index contributed by atoms with van der Waals surface area (Å²) < 4.78 is 5.75. The zero-order valence-electron chi connectivity index (χ0n) is 10.8. The van der Waals surface area contributed by atoms with Gasteiger partial charge in [-0.05, 0) is 25.0 Å². The molecule has 2 fully saturated rings. The summed E-state index contributed by atoms with van der Waals surface area (Å²) in [5, 5.41) is 0. The van der Waals surface area contributed by atoms with E-state index in [-0.39, 0.29) is 29.2 Å². The van der Waals surface area contributed by atoms with E-state index in [9.17, 15) is 9.59 Å². The standard InChI is InChI=1S/C14H18N2O3/c17-13-10(4-3-7-15-13)14(18)16-8-9-19-12-6-2-1-5-11(12)16/h3-4,7,11-12H,1-2,5-6,8-9H2,(H,15,17)/t11-,12-/m1/s1. The fourth-order valence-corrected chi connectivity index (χ4v) is 3.09. The first-order valence-corrected chi connectivity index (χ1v) is 6.87. The molecule has 1 N–H and O–H groups in total. The maximum atomic E-state index is 12.5. The van der Waals surface area contributed by atoms with Gasteiger partial charge in [-0.25, -0.2) is 0 Å². The van der Waals surface area contributed by atoms with E-state index in [2.05, 4.69) is 4.98 Å². The smallest absolute Gasteiger partial charge is 0.260 e. The molecule has 1 saturated heterocycles. The van der Waals surface area contributed by atoms with Gasteiger partial charge in [-0.1, -0.05) is 12.8 Å². The van der Waals surface area contributed by atoms with Crippen molar-refractivity contribution >= 4 is 5.91 Å². The number of ether oxygens (including phenoxy) is 1.